The van der Waals surface area contributed by atoms with Crippen LogP contribution in [0.4, 0.5) is 0 Å². The van der Waals surface area contributed by atoms with E-state index in [1.54, 1.807) is 19.8 Å². The lowest BCUT2D eigenvalue weighted by molar-refractivity contribution is 0.564. The summed E-state index contributed by atoms with van der Waals surface area (Å²) in [4.78, 5) is 12.8. The minimum Gasteiger partial charge on any atom is -0.248 e. The van der Waals surface area contributed by atoms with Crippen molar-refractivity contribution in [2.45, 2.75) is 13.8 Å². The van der Waals surface area contributed by atoms with Crippen molar-refractivity contribution in [3.05, 3.63) is 17.1 Å². The quantitative estimate of drug-likeness (QED) is 0.367. The molecule has 0 bridgehead atoms. The number of rotatable bonds is 1. The minimum atomic E-state index is 0.0185. The number of carbonyl (C=O) groups excluding carboxylic acids is 1. The van der Waals surface area contributed by atoms with Crippen molar-refractivity contribution in [1.82, 2.24) is 0 Å². The zero-order valence-electron chi connectivity index (χ0n) is 4.93. The van der Waals surface area contributed by atoms with Gasteiger partial charge in [-0.15, -0.1) is 0 Å². The van der Waals surface area contributed by atoms with Gasteiger partial charge in [0, 0.05) is 0 Å². The summed E-state index contributed by atoms with van der Waals surface area (Å²) in [5.41, 5.74) is 0.171. The van der Waals surface area contributed by atoms with Gasteiger partial charge in [-0.25, -0.2) is 9.64 Å². The molecule has 0 unspecified atom stereocenters. The Morgan fingerprint density at radius 2 is 2.25 bits per heavy atom. The van der Waals surface area contributed by atoms with Crippen LogP contribution in [0.3, 0.4) is 0 Å². The predicted octanol–water partition coefficient (Wildman–Crippen LogP) is 1.28. The fourth-order valence-corrected chi connectivity index (χ4v) is 0.270. The molecular formula is C6H7NO. The largest absolute Gasteiger partial charge is 0.248 e. The molecule has 0 saturated carbocycles. The fourth-order valence-electron chi connectivity index (χ4n) is 0.270. The van der Waals surface area contributed by atoms with E-state index in [-0.39, 0.29) is 11.6 Å². The van der Waals surface area contributed by atoms with Crippen molar-refractivity contribution in [2.24, 2.45) is 5.92 Å². The smallest absolute Gasteiger partial charge is 0.248 e. The van der Waals surface area contributed by atoms with Crippen LogP contribution in [0.1, 0.15) is 13.8 Å². The van der Waals surface area contributed by atoms with Gasteiger partial charge < -0.3 is 0 Å². The Hall–Kier alpha value is -1.06. The topological polar surface area (TPSA) is 21.4 Å². The van der Waals surface area contributed by atoms with Crippen LogP contribution >= 0.6 is 0 Å². The van der Waals surface area contributed by atoms with Crippen LogP contribution in [0.5, 0.6) is 0 Å². The van der Waals surface area contributed by atoms with E-state index in [9.17, 15) is 4.79 Å². The normalized spacial score (nSPS) is 7.75. The summed E-state index contributed by atoms with van der Waals surface area (Å²) < 4.78 is 0. The predicted molar refractivity (Wildman–Crippen MR) is 30.6 cm³/mol. The van der Waals surface area contributed by atoms with Gasteiger partial charge in [-0.1, -0.05) is 13.8 Å². The van der Waals surface area contributed by atoms with E-state index in [0.717, 1.165) is 0 Å². The molecule has 0 fully saturated rings. The zero-order chi connectivity index (χ0) is 6.57. The maximum absolute atomic E-state index is 9.80. The first kappa shape index (κ1) is 6.94. The Labute approximate surface area is 48.6 Å². The van der Waals surface area contributed by atoms with Gasteiger partial charge in [0.2, 0.25) is 5.70 Å². The van der Waals surface area contributed by atoms with Crippen LogP contribution in [-0.2, 0) is 4.79 Å². The van der Waals surface area contributed by atoms with Gasteiger partial charge in [0.1, 0.15) is 5.94 Å². The van der Waals surface area contributed by atoms with E-state index in [0.29, 0.717) is 0 Å². The summed E-state index contributed by atoms with van der Waals surface area (Å²) in [6.45, 7) is 10.00. The molecule has 0 radical (unpaired) electrons. The molecule has 0 aliphatic carbocycles. The van der Waals surface area contributed by atoms with Crippen LogP contribution in [0.15, 0.2) is 5.70 Å². The summed E-state index contributed by atoms with van der Waals surface area (Å²) >= 11 is 0. The first-order valence-electron chi connectivity index (χ1n) is 2.34. The first-order valence-corrected chi connectivity index (χ1v) is 2.34. The SMILES string of the molecule is [C-]#[N+]C(=C=O)C(C)C. The third-order valence-electron chi connectivity index (χ3n) is 0.772. The highest BCUT2D eigenvalue weighted by molar-refractivity contribution is 5.55. The molecule has 0 spiro atoms. The molecule has 0 aromatic heterocycles. The van der Waals surface area contributed by atoms with Gasteiger partial charge >= 0.3 is 0 Å². The van der Waals surface area contributed by atoms with Crippen molar-refractivity contribution >= 4 is 5.94 Å². The molecule has 0 aromatic carbocycles. The zero-order valence-corrected chi connectivity index (χ0v) is 4.93. The molecule has 0 saturated heterocycles. The van der Waals surface area contributed by atoms with E-state index in [4.69, 9.17) is 6.57 Å². The summed E-state index contributed by atoms with van der Waals surface area (Å²) in [7, 11) is 0. The van der Waals surface area contributed by atoms with Gasteiger partial charge in [0.25, 0.3) is 0 Å². The average Bonchev–Trinajstić information content (AvgIpc) is 1.69. The van der Waals surface area contributed by atoms with Gasteiger partial charge in [-0.3, -0.25) is 0 Å². The molecule has 8 heavy (non-hydrogen) atoms. The molecule has 42 valence electrons. The van der Waals surface area contributed by atoms with Crippen LogP contribution in [0.2, 0.25) is 0 Å². The summed E-state index contributed by atoms with van der Waals surface area (Å²) in [5, 5.41) is 0. The minimum absolute atomic E-state index is 0.0185. The maximum atomic E-state index is 9.80. The summed E-state index contributed by atoms with van der Waals surface area (Å²) in [6, 6.07) is 0. The molecule has 0 rings (SSSR count). The van der Waals surface area contributed by atoms with Gasteiger partial charge in [0.05, 0.1) is 6.57 Å². The van der Waals surface area contributed by atoms with Crippen LogP contribution in [0.25, 0.3) is 4.85 Å². The van der Waals surface area contributed by atoms with Crippen molar-refractivity contribution in [3.63, 3.8) is 0 Å². The standard InChI is InChI=1S/C6H7NO/c1-5(2)6(4-8)7-3/h5H,1-2H3. The Kier molecular flexibility index (Phi) is 2.61. The molecule has 0 N–H and O–H groups in total. The molecular weight excluding hydrogens is 102 g/mol. The first-order chi connectivity index (χ1) is 3.72. The third kappa shape index (κ3) is 1.59. The Balaban J connectivity index is 4.20. The Morgan fingerprint density at radius 3 is 2.25 bits per heavy atom. The Morgan fingerprint density at radius 1 is 1.75 bits per heavy atom. The molecule has 2 heteroatoms. The van der Waals surface area contributed by atoms with E-state index in [1.807, 2.05) is 0 Å². The van der Waals surface area contributed by atoms with E-state index in [1.165, 1.54) is 0 Å². The van der Waals surface area contributed by atoms with Gasteiger partial charge in [-0.05, 0) is 5.92 Å². The number of hydrogen-bond donors (Lipinski definition) is 0. The van der Waals surface area contributed by atoms with E-state index < -0.39 is 0 Å². The van der Waals surface area contributed by atoms with Crippen LogP contribution in [-0.4, -0.2) is 5.94 Å². The molecule has 0 amide bonds. The number of nitrogens with zero attached hydrogens (tertiary/aromatic N) is 1. The number of allylic oxidation sites excluding steroid dienone is 1. The van der Waals surface area contributed by atoms with Crippen molar-refractivity contribution in [1.29, 1.82) is 0 Å². The molecule has 0 atom stereocenters. The van der Waals surface area contributed by atoms with Gasteiger partial charge in [-0.2, -0.15) is 0 Å². The van der Waals surface area contributed by atoms with Crippen molar-refractivity contribution < 1.29 is 4.79 Å². The maximum Gasteiger partial charge on any atom is 0.248 e. The highest BCUT2D eigenvalue weighted by Crippen LogP contribution is 2.04. The average molecular weight is 109 g/mol. The highest BCUT2D eigenvalue weighted by atomic mass is 16.1. The lowest BCUT2D eigenvalue weighted by Crippen LogP contribution is -1.87. The van der Waals surface area contributed by atoms with Crippen molar-refractivity contribution in [2.75, 3.05) is 0 Å². The second-order valence-corrected chi connectivity index (χ2v) is 1.75. The lowest BCUT2D eigenvalue weighted by atomic mass is 10.2. The number of hydrogen-bond acceptors (Lipinski definition) is 1. The van der Waals surface area contributed by atoms with Crippen LogP contribution < -0.4 is 0 Å². The second kappa shape index (κ2) is 3.01. The third-order valence-corrected chi connectivity index (χ3v) is 0.772. The van der Waals surface area contributed by atoms with E-state index in [2.05, 4.69) is 4.85 Å². The Bertz CT molecular complexity index is 158. The molecule has 0 aliphatic heterocycles. The van der Waals surface area contributed by atoms with Crippen molar-refractivity contribution in [3.8, 4) is 0 Å². The second-order valence-electron chi connectivity index (χ2n) is 1.75. The monoisotopic (exact) mass is 109 g/mol. The molecule has 0 heterocycles. The molecule has 2 nitrogen and oxygen atoms in total. The molecule has 0 aromatic rings. The highest BCUT2D eigenvalue weighted by Gasteiger charge is 2.00. The summed E-state index contributed by atoms with van der Waals surface area (Å²) in [5.74, 6) is 1.58. The fraction of sp³-hybridized carbons (Fsp3) is 0.500. The summed E-state index contributed by atoms with van der Waals surface area (Å²) in [6.07, 6.45) is 0. The molecule has 0 aliphatic rings. The lowest BCUT2D eigenvalue weighted by Gasteiger charge is -1.91. The van der Waals surface area contributed by atoms with E-state index >= 15 is 0 Å². The van der Waals surface area contributed by atoms with Gasteiger partial charge in [0.15, 0.2) is 0 Å². The van der Waals surface area contributed by atoms with Crippen LogP contribution in [0, 0.1) is 12.5 Å².